The van der Waals surface area contributed by atoms with Gasteiger partial charge in [-0.3, -0.25) is 4.79 Å². The van der Waals surface area contributed by atoms with Crippen LogP contribution in [-0.2, 0) is 0 Å². The van der Waals surface area contributed by atoms with Gasteiger partial charge in [-0.1, -0.05) is 30.3 Å². The van der Waals surface area contributed by atoms with Crippen LogP contribution in [0.2, 0.25) is 0 Å². The maximum Gasteiger partial charge on any atom is 0.160 e. The third-order valence-corrected chi connectivity index (χ3v) is 5.18. The molecule has 4 aromatic rings. The van der Waals surface area contributed by atoms with E-state index in [-0.39, 0.29) is 5.78 Å². The highest BCUT2D eigenvalue weighted by Gasteiger charge is 2.18. The van der Waals surface area contributed by atoms with Crippen LogP contribution in [0.4, 0.5) is 0 Å². The zero-order chi connectivity index (χ0) is 15.6. The highest BCUT2D eigenvalue weighted by Crippen LogP contribution is 2.41. The zero-order valence-corrected chi connectivity index (χ0v) is 13.4. The van der Waals surface area contributed by atoms with Crippen LogP contribution in [0, 0.1) is 20.8 Å². The van der Waals surface area contributed by atoms with Gasteiger partial charge in [0.25, 0.3) is 0 Å². The van der Waals surface area contributed by atoms with Crippen LogP contribution in [0.1, 0.15) is 34.0 Å². The molecule has 1 heteroatoms. The number of hydrogen-bond acceptors (Lipinski definition) is 1. The van der Waals surface area contributed by atoms with Crippen molar-refractivity contribution < 1.29 is 4.79 Å². The quantitative estimate of drug-likeness (QED) is 0.323. The van der Waals surface area contributed by atoms with Crippen molar-refractivity contribution in [2.45, 2.75) is 27.7 Å². The van der Waals surface area contributed by atoms with E-state index in [0.29, 0.717) is 0 Å². The maximum absolute atomic E-state index is 12.2. The van der Waals surface area contributed by atoms with Crippen LogP contribution < -0.4 is 0 Å². The van der Waals surface area contributed by atoms with Crippen LogP contribution >= 0.6 is 0 Å². The van der Waals surface area contributed by atoms with E-state index in [2.05, 4.69) is 57.2 Å². The van der Waals surface area contributed by atoms with Gasteiger partial charge in [-0.2, -0.15) is 0 Å². The Labute approximate surface area is 129 Å². The molecule has 22 heavy (non-hydrogen) atoms. The van der Waals surface area contributed by atoms with E-state index in [1.54, 1.807) is 6.92 Å². The van der Waals surface area contributed by atoms with Gasteiger partial charge in [0, 0.05) is 5.56 Å². The van der Waals surface area contributed by atoms with Crippen LogP contribution in [0.15, 0.2) is 36.4 Å². The standard InChI is InChI=1S/C21H18O/c1-11-12(2)17-9-8-15-6-5-7-16-10-18(14(4)22)19(13(11)3)21(17)20(15)16/h5-10H,1-4H3. The summed E-state index contributed by atoms with van der Waals surface area (Å²) in [5.41, 5.74) is 4.68. The topological polar surface area (TPSA) is 17.1 Å². The van der Waals surface area contributed by atoms with E-state index in [1.165, 1.54) is 38.2 Å². The Kier molecular flexibility index (Phi) is 2.59. The molecule has 0 spiro atoms. The highest BCUT2D eigenvalue weighted by molar-refractivity contribution is 6.28. The average Bonchev–Trinajstić information content (AvgIpc) is 2.52. The molecular formula is C21H18O. The van der Waals surface area contributed by atoms with Crippen LogP contribution in [0.25, 0.3) is 32.3 Å². The number of ketones is 1. The number of aryl methyl sites for hydroxylation is 2. The molecule has 0 saturated heterocycles. The molecule has 0 unspecified atom stereocenters. The van der Waals surface area contributed by atoms with Gasteiger partial charge in [0.2, 0.25) is 0 Å². The number of Topliss-reactive ketones (excluding diaryl/α,β-unsaturated/α-hetero) is 1. The Hall–Kier alpha value is -2.41. The fraction of sp³-hybridized carbons (Fsp3) is 0.190. The molecule has 1 nitrogen and oxygen atoms in total. The predicted octanol–water partition coefficient (Wildman–Crippen LogP) is 5.71. The van der Waals surface area contributed by atoms with Crippen molar-refractivity contribution in [3.8, 4) is 0 Å². The van der Waals surface area contributed by atoms with E-state index in [1.807, 2.05) is 0 Å². The van der Waals surface area contributed by atoms with E-state index in [9.17, 15) is 4.79 Å². The molecule has 0 aliphatic heterocycles. The lowest BCUT2D eigenvalue weighted by atomic mass is 9.84. The second-order valence-electron chi connectivity index (χ2n) is 6.30. The van der Waals surface area contributed by atoms with Crippen molar-refractivity contribution in [3.63, 3.8) is 0 Å². The summed E-state index contributed by atoms with van der Waals surface area (Å²) in [5.74, 6) is 0.138. The zero-order valence-electron chi connectivity index (χ0n) is 13.4. The number of rotatable bonds is 1. The first-order valence-corrected chi connectivity index (χ1v) is 7.69. The lowest BCUT2D eigenvalue weighted by Gasteiger charge is -2.19. The first kappa shape index (κ1) is 13.3. The number of carbonyl (C=O) groups excluding carboxylic acids is 1. The summed E-state index contributed by atoms with van der Waals surface area (Å²) in [6.45, 7) is 8.14. The summed E-state index contributed by atoms with van der Waals surface area (Å²) in [5, 5.41) is 7.34. The van der Waals surface area contributed by atoms with Crippen molar-refractivity contribution in [3.05, 3.63) is 58.7 Å². The van der Waals surface area contributed by atoms with E-state index in [0.717, 1.165) is 16.3 Å². The van der Waals surface area contributed by atoms with Crippen molar-refractivity contribution in [1.82, 2.24) is 0 Å². The molecular weight excluding hydrogens is 268 g/mol. The molecule has 0 amide bonds. The molecule has 0 saturated carbocycles. The van der Waals surface area contributed by atoms with E-state index < -0.39 is 0 Å². The van der Waals surface area contributed by atoms with Crippen LogP contribution in [-0.4, -0.2) is 5.78 Å². The van der Waals surface area contributed by atoms with Gasteiger partial charge < -0.3 is 0 Å². The molecule has 0 bridgehead atoms. The highest BCUT2D eigenvalue weighted by atomic mass is 16.1. The SMILES string of the molecule is CC(=O)c1cc2cccc3ccc4c(C)c(C)c(C)c1c4c32. The Bertz CT molecular complexity index is 1070. The largest absolute Gasteiger partial charge is 0.294 e. The van der Waals surface area contributed by atoms with Gasteiger partial charge in [-0.25, -0.2) is 0 Å². The molecule has 0 heterocycles. The number of carbonyl (C=O) groups is 1. The van der Waals surface area contributed by atoms with Gasteiger partial charge >= 0.3 is 0 Å². The summed E-state index contributed by atoms with van der Waals surface area (Å²) >= 11 is 0. The Balaban J connectivity index is 2.48. The number of benzene rings is 4. The Morgan fingerprint density at radius 1 is 0.773 bits per heavy atom. The van der Waals surface area contributed by atoms with Gasteiger partial charge in [0.1, 0.15) is 0 Å². The fourth-order valence-corrected chi connectivity index (χ4v) is 3.80. The second-order valence-corrected chi connectivity index (χ2v) is 6.30. The second kappa shape index (κ2) is 4.30. The number of hydrogen-bond donors (Lipinski definition) is 0. The molecule has 0 atom stereocenters. The van der Waals surface area contributed by atoms with Gasteiger partial charge in [0.05, 0.1) is 0 Å². The third kappa shape index (κ3) is 1.51. The smallest absolute Gasteiger partial charge is 0.160 e. The third-order valence-electron chi connectivity index (χ3n) is 5.18. The van der Waals surface area contributed by atoms with Crippen molar-refractivity contribution in [1.29, 1.82) is 0 Å². The maximum atomic E-state index is 12.2. The van der Waals surface area contributed by atoms with Gasteiger partial charge in [-0.05, 0) is 82.8 Å². The molecule has 0 aromatic heterocycles. The van der Waals surface area contributed by atoms with Crippen LogP contribution in [0.5, 0.6) is 0 Å². The molecule has 0 radical (unpaired) electrons. The minimum absolute atomic E-state index is 0.138. The normalized spacial score (nSPS) is 11.8. The fourth-order valence-electron chi connectivity index (χ4n) is 3.80. The summed E-state index contributed by atoms with van der Waals surface area (Å²) in [6.07, 6.45) is 0. The summed E-state index contributed by atoms with van der Waals surface area (Å²) in [6, 6.07) is 12.8. The van der Waals surface area contributed by atoms with Gasteiger partial charge in [-0.15, -0.1) is 0 Å². The molecule has 0 aliphatic carbocycles. The van der Waals surface area contributed by atoms with Crippen molar-refractivity contribution >= 4 is 38.1 Å². The molecule has 4 aromatic carbocycles. The molecule has 4 rings (SSSR count). The first-order chi connectivity index (χ1) is 10.5. The molecule has 108 valence electrons. The lowest BCUT2D eigenvalue weighted by Crippen LogP contribution is -2.01. The average molecular weight is 286 g/mol. The minimum Gasteiger partial charge on any atom is -0.294 e. The van der Waals surface area contributed by atoms with Crippen LogP contribution in [0.3, 0.4) is 0 Å². The molecule has 0 fully saturated rings. The monoisotopic (exact) mass is 286 g/mol. The minimum atomic E-state index is 0.138. The summed E-state index contributed by atoms with van der Waals surface area (Å²) in [7, 11) is 0. The molecule has 0 N–H and O–H groups in total. The van der Waals surface area contributed by atoms with Crippen molar-refractivity contribution in [2.24, 2.45) is 0 Å². The van der Waals surface area contributed by atoms with Crippen molar-refractivity contribution in [2.75, 3.05) is 0 Å². The Morgan fingerprint density at radius 2 is 1.50 bits per heavy atom. The predicted molar refractivity (Wildman–Crippen MR) is 94.4 cm³/mol. The molecule has 0 aliphatic rings. The Morgan fingerprint density at radius 3 is 2.23 bits per heavy atom. The summed E-state index contributed by atoms with van der Waals surface area (Å²) < 4.78 is 0. The summed E-state index contributed by atoms with van der Waals surface area (Å²) in [4.78, 5) is 12.2. The van der Waals surface area contributed by atoms with E-state index in [4.69, 9.17) is 0 Å². The lowest BCUT2D eigenvalue weighted by molar-refractivity contribution is 0.101. The van der Waals surface area contributed by atoms with Gasteiger partial charge in [0.15, 0.2) is 5.78 Å². The first-order valence-electron chi connectivity index (χ1n) is 7.69. The van der Waals surface area contributed by atoms with E-state index >= 15 is 0 Å².